The van der Waals surface area contributed by atoms with E-state index in [4.69, 9.17) is 25.8 Å². The molecule has 2 amide bonds. The molecule has 8 heteroatoms. The Morgan fingerprint density at radius 1 is 0.941 bits per heavy atom. The number of rotatable bonds is 9. The first-order valence-corrected chi connectivity index (χ1v) is 11.7. The molecule has 0 N–H and O–H groups in total. The number of carbonyl (C=O) groups excluding carboxylic acids is 2. The number of halogens is 1. The molecule has 0 spiro atoms. The van der Waals surface area contributed by atoms with E-state index in [1.54, 1.807) is 43.5 Å². The lowest BCUT2D eigenvalue weighted by atomic mass is 10.1. The predicted octanol–water partition coefficient (Wildman–Crippen LogP) is 6.04. The summed E-state index contributed by atoms with van der Waals surface area (Å²) in [7, 11) is 1.56. The van der Waals surface area contributed by atoms with Gasteiger partial charge in [0.25, 0.3) is 11.1 Å². The van der Waals surface area contributed by atoms with E-state index in [0.717, 1.165) is 17.3 Å². The molecule has 0 unspecified atom stereocenters. The number of nitrogens with zero attached hydrogens (tertiary/aromatic N) is 1. The van der Waals surface area contributed by atoms with Crippen LogP contribution in [0.5, 0.6) is 17.2 Å². The molecular weight excluding hydrogens is 474 g/mol. The van der Waals surface area contributed by atoms with Gasteiger partial charge in [-0.05, 0) is 53.7 Å². The second-order valence-electron chi connectivity index (χ2n) is 7.29. The largest absolute Gasteiger partial charge is 0.493 e. The second kappa shape index (κ2) is 11.1. The number of thioether (sulfide) groups is 1. The Morgan fingerprint density at radius 2 is 1.71 bits per heavy atom. The van der Waals surface area contributed by atoms with E-state index in [1.165, 1.54) is 4.90 Å². The zero-order valence-electron chi connectivity index (χ0n) is 18.4. The van der Waals surface area contributed by atoms with Gasteiger partial charge >= 0.3 is 0 Å². The van der Waals surface area contributed by atoms with Gasteiger partial charge in [-0.2, -0.15) is 0 Å². The van der Waals surface area contributed by atoms with Gasteiger partial charge in [-0.1, -0.05) is 54.1 Å². The maximum Gasteiger partial charge on any atom is 0.293 e. The van der Waals surface area contributed by atoms with Crippen LogP contribution in [0.2, 0.25) is 5.02 Å². The van der Waals surface area contributed by atoms with E-state index in [9.17, 15) is 9.59 Å². The quantitative estimate of drug-likeness (QED) is 0.337. The molecule has 4 rings (SSSR count). The van der Waals surface area contributed by atoms with Crippen LogP contribution >= 0.6 is 23.4 Å². The van der Waals surface area contributed by atoms with E-state index in [-0.39, 0.29) is 24.3 Å². The van der Waals surface area contributed by atoms with E-state index in [1.807, 2.05) is 42.5 Å². The van der Waals surface area contributed by atoms with Crippen molar-refractivity contribution in [1.82, 2.24) is 4.90 Å². The second-order valence-corrected chi connectivity index (χ2v) is 8.72. The summed E-state index contributed by atoms with van der Waals surface area (Å²) in [6.45, 7) is 0.656. The number of ether oxygens (including phenoxy) is 3. The fraction of sp³-hybridized carbons (Fsp3) is 0.154. The van der Waals surface area contributed by atoms with Gasteiger partial charge in [0, 0.05) is 10.6 Å². The SMILES string of the molecule is COc1cccc(/C=C2\SC(=O)N(CCOc3ccc(Cl)cc3)C2=O)c1OCc1ccccc1. The Hall–Kier alpha value is -3.42. The van der Waals surface area contributed by atoms with Crippen LogP contribution in [-0.4, -0.2) is 36.3 Å². The Kier molecular flexibility index (Phi) is 7.77. The monoisotopic (exact) mass is 495 g/mol. The molecule has 1 saturated heterocycles. The minimum atomic E-state index is -0.369. The standard InChI is InChI=1S/C26H22ClNO5S/c1-31-22-9-5-8-19(24(22)33-17-18-6-3-2-4-7-18)16-23-25(29)28(26(30)34-23)14-15-32-21-12-10-20(27)11-13-21/h2-13,16H,14-15,17H2,1H3/b23-16-. The number of hydrogen-bond donors (Lipinski definition) is 0. The highest BCUT2D eigenvalue weighted by Crippen LogP contribution is 2.37. The molecule has 34 heavy (non-hydrogen) atoms. The predicted molar refractivity (Wildman–Crippen MR) is 133 cm³/mol. The van der Waals surface area contributed by atoms with Crippen molar-refractivity contribution in [3.63, 3.8) is 0 Å². The summed E-state index contributed by atoms with van der Waals surface area (Å²) < 4.78 is 17.1. The van der Waals surface area contributed by atoms with Crippen molar-refractivity contribution >= 4 is 40.6 Å². The van der Waals surface area contributed by atoms with Crippen molar-refractivity contribution in [3.8, 4) is 17.2 Å². The summed E-state index contributed by atoms with van der Waals surface area (Å²) in [6.07, 6.45) is 1.66. The summed E-state index contributed by atoms with van der Waals surface area (Å²) in [5.74, 6) is 1.29. The number of imide groups is 1. The van der Waals surface area contributed by atoms with E-state index >= 15 is 0 Å². The summed E-state index contributed by atoms with van der Waals surface area (Å²) in [4.78, 5) is 26.9. The van der Waals surface area contributed by atoms with Gasteiger partial charge in [0.2, 0.25) is 0 Å². The first-order chi connectivity index (χ1) is 16.5. The Bertz CT molecular complexity index is 1200. The number of amides is 2. The Labute approximate surface area is 207 Å². The van der Waals surface area contributed by atoms with E-state index in [2.05, 4.69) is 0 Å². The molecule has 1 aliphatic heterocycles. The van der Waals surface area contributed by atoms with Crippen LogP contribution < -0.4 is 14.2 Å². The lowest BCUT2D eigenvalue weighted by Gasteiger charge is -2.14. The molecule has 0 aliphatic carbocycles. The lowest BCUT2D eigenvalue weighted by Crippen LogP contribution is -2.32. The number of hydrogen-bond acceptors (Lipinski definition) is 6. The molecule has 3 aromatic carbocycles. The van der Waals surface area contributed by atoms with Gasteiger partial charge in [-0.25, -0.2) is 0 Å². The number of para-hydroxylation sites is 1. The minimum absolute atomic E-state index is 0.139. The lowest BCUT2D eigenvalue weighted by molar-refractivity contribution is -0.123. The molecule has 0 aromatic heterocycles. The van der Waals surface area contributed by atoms with Crippen LogP contribution in [0.1, 0.15) is 11.1 Å². The third-order valence-electron chi connectivity index (χ3n) is 5.01. The van der Waals surface area contributed by atoms with Crippen LogP contribution in [0.15, 0.2) is 77.7 Å². The summed E-state index contributed by atoms with van der Waals surface area (Å²) in [5, 5.41) is 0.263. The van der Waals surface area contributed by atoms with Gasteiger partial charge < -0.3 is 14.2 Å². The number of benzene rings is 3. The van der Waals surface area contributed by atoms with E-state index in [0.29, 0.717) is 39.3 Å². The fourth-order valence-corrected chi connectivity index (χ4v) is 4.29. The highest BCUT2D eigenvalue weighted by molar-refractivity contribution is 8.18. The molecule has 6 nitrogen and oxygen atoms in total. The maximum atomic E-state index is 12.9. The highest BCUT2D eigenvalue weighted by atomic mass is 35.5. The molecule has 0 radical (unpaired) electrons. The molecule has 3 aromatic rings. The Balaban J connectivity index is 1.47. The summed E-state index contributed by atoms with van der Waals surface area (Å²) >= 11 is 6.76. The van der Waals surface area contributed by atoms with Crippen molar-refractivity contribution in [2.75, 3.05) is 20.3 Å². The summed E-state index contributed by atoms with van der Waals surface area (Å²) in [6, 6.07) is 22.1. The van der Waals surface area contributed by atoms with Crippen molar-refractivity contribution < 1.29 is 23.8 Å². The van der Waals surface area contributed by atoms with Gasteiger partial charge in [-0.3, -0.25) is 14.5 Å². The first kappa shape index (κ1) is 23.7. The molecule has 0 atom stereocenters. The van der Waals surface area contributed by atoms with Crippen LogP contribution in [0.25, 0.3) is 6.08 Å². The smallest absolute Gasteiger partial charge is 0.293 e. The third kappa shape index (κ3) is 5.73. The van der Waals surface area contributed by atoms with Crippen LogP contribution in [-0.2, 0) is 11.4 Å². The molecule has 1 aliphatic rings. The normalized spacial score (nSPS) is 14.5. The van der Waals surface area contributed by atoms with E-state index < -0.39 is 0 Å². The van der Waals surface area contributed by atoms with Gasteiger partial charge in [0.15, 0.2) is 11.5 Å². The third-order valence-corrected chi connectivity index (χ3v) is 6.17. The highest BCUT2D eigenvalue weighted by Gasteiger charge is 2.35. The van der Waals surface area contributed by atoms with Crippen molar-refractivity contribution in [2.24, 2.45) is 0 Å². The zero-order valence-corrected chi connectivity index (χ0v) is 20.0. The van der Waals surface area contributed by atoms with Crippen LogP contribution in [0, 0.1) is 0 Å². The minimum Gasteiger partial charge on any atom is -0.493 e. The molecular formula is C26H22ClNO5S. The number of carbonyl (C=O) groups is 2. The van der Waals surface area contributed by atoms with Crippen LogP contribution in [0.3, 0.4) is 0 Å². The molecule has 1 fully saturated rings. The number of methoxy groups -OCH3 is 1. The fourth-order valence-electron chi connectivity index (χ4n) is 3.31. The molecule has 174 valence electrons. The van der Waals surface area contributed by atoms with Crippen molar-refractivity contribution in [2.45, 2.75) is 6.61 Å². The molecule has 0 bridgehead atoms. The van der Waals surface area contributed by atoms with Gasteiger partial charge in [-0.15, -0.1) is 0 Å². The average molecular weight is 496 g/mol. The van der Waals surface area contributed by atoms with Crippen LogP contribution in [0.4, 0.5) is 4.79 Å². The maximum absolute atomic E-state index is 12.9. The van der Waals surface area contributed by atoms with Crippen molar-refractivity contribution in [1.29, 1.82) is 0 Å². The van der Waals surface area contributed by atoms with Gasteiger partial charge in [0.1, 0.15) is 19.0 Å². The molecule has 0 saturated carbocycles. The first-order valence-electron chi connectivity index (χ1n) is 10.5. The van der Waals surface area contributed by atoms with Crippen molar-refractivity contribution in [3.05, 3.63) is 93.9 Å². The van der Waals surface area contributed by atoms with Gasteiger partial charge in [0.05, 0.1) is 18.6 Å². The summed E-state index contributed by atoms with van der Waals surface area (Å²) in [5.41, 5.74) is 1.65. The molecule has 1 heterocycles. The average Bonchev–Trinajstić information content (AvgIpc) is 3.12. The zero-order chi connectivity index (χ0) is 23.9. The topological polar surface area (TPSA) is 65.1 Å². The Morgan fingerprint density at radius 3 is 2.44 bits per heavy atom.